The van der Waals surface area contributed by atoms with Crippen LogP contribution in [-0.2, 0) is 6.42 Å². The van der Waals surface area contributed by atoms with E-state index in [-0.39, 0.29) is 6.04 Å². The zero-order valence-electron chi connectivity index (χ0n) is 11.3. The molecule has 0 bridgehead atoms. The highest BCUT2D eigenvalue weighted by atomic mass is 79.9. The maximum atomic E-state index is 6.39. The second-order valence-corrected chi connectivity index (χ2v) is 6.83. The number of hydrogen-bond acceptors (Lipinski definition) is 2. The van der Waals surface area contributed by atoms with Crippen molar-refractivity contribution in [3.63, 3.8) is 0 Å². The van der Waals surface area contributed by atoms with Crippen molar-refractivity contribution in [1.82, 2.24) is 4.98 Å². The Morgan fingerprint density at radius 2 is 1.71 bits per heavy atom. The normalized spacial score (nSPS) is 12.5. The first-order chi connectivity index (χ1) is 10.1. The Morgan fingerprint density at radius 1 is 1.00 bits per heavy atom. The number of halogens is 2. The van der Waals surface area contributed by atoms with Gasteiger partial charge in [-0.1, -0.05) is 50.1 Å². The lowest BCUT2D eigenvalue weighted by molar-refractivity contribution is 0.724. The Labute approximate surface area is 140 Å². The van der Waals surface area contributed by atoms with Crippen LogP contribution in [0.25, 0.3) is 10.9 Å². The Balaban J connectivity index is 1.94. The minimum absolute atomic E-state index is 0.0513. The van der Waals surface area contributed by atoms with E-state index in [1.807, 2.05) is 30.5 Å². The maximum Gasteiger partial charge on any atom is 0.0704 e. The van der Waals surface area contributed by atoms with Crippen molar-refractivity contribution < 1.29 is 0 Å². The van der Waals surface area contributed by atoms with Gasteiger partial charge in [-0.15, -0.1) is 0 Å². The molecule has 3 aromatic rings. The van der Waals surface area contributed by atoms with Crippen LogP contribution in [-0.4, -0.2) is 4.98 Å². The summed E-state index contributed by atoms with van der Waals surface area (Å²) in [6.45, 7) is 0. The van der Waals surface area contributed by atoms with Crippen molar-refractivity contribution in [2.24, 2.45) is 5.73 Å². The number of pyridine rings is 1. The summed E-state index contributed by atoms with van der Waals surface area (Å²) in [7, 11) is 0. The van der Waals surface area contributed by atoms with Crippen molar-refractivity contribution in [2.45, 2.75) is 12.5 Å². The van der Waals surface area contributed by atoms with E-state index in [9.17, 15) is 0 Å². The summed E-state index contributed by atoms with van der Waals surface area (Å²) in [6.07, 6.45) is 2.63. The van der Waals surface area contributed by atoms with Gasteiger partial charge in [0.05, 0.1) is 5.52 Å². The molecule has 0 saturated heterocycles. The van der Waals surface area contributed by atoms with Crippen LogP contribution in [0.2, 0.25) is 0 Å². The fourth-order valence-corrected chi connectivity index (χ4v) is 3.81. The van der Waals surface area contributed by atoms with Crippen LogP contribution < -0.4 is 5.73 Å². The number of benzene rings is 2. The summed E-state index contributed by atoms with van der Waals surface area (Å²) >= 11 is 7.02. The molecule has 0 fully saturated rings. The number of rotatable bonds is 3. The van der Waals surface area contributed by atoms with E-state index in [0.717, 1.165) is 26.4 Å². The van der Waals surface area contributed by atoms with E-state index in [4.69, 9.17) is 5.73 Å². The fourth-order valence-electron chi connectivity index (χ4n) is 2.48. The molecule has 0 aliphatic heterocycles. The Hall–Kier alpha value is -1.23. The number of hydrogen-bond donors (Lipinski definition) is 1. The number of nitrogens with two attached hydrogens (primary N) is 1. The van der Waals surface area contributed by atoms with Gasteiger partial charge in [-0.2, -0.15) is 0 Å². The molecule has 4 heteroatoms. The Kier molecular flexibility index (Phi) is 4.38. The topological polar surface area (TPSA) is 38.9 Å². The smallest absolute Gasteiger partial charge is 0.0704 e. The lowest BCUT2D eigenvalue weighted by Crippen LogP contribution is -2.13. The average molecular weight is 406 g/mol. The van der Waals surface area contributed by atoms with Gasteiger partial charge in [-0.25, -0.2) is 0 Å². The van der Waals surface area contributed by atoms with E-state index in [1.54, 1.807) is 0 Å². The summed E-state index contributed by atoms with van der Waals surface area (Å²) in [5, 5.41) is 1.17. The van der Waals surface area contributed by atoms with E-state index in [0.29, 0.717) is 0 Å². The van der Waals surface area contributed by atoms with Crippen LogP contribution >= 0.6 is 31.9 Å². The molecule has 0 radical (unpaired) electrons. The van der Waals surface area contributed by atoms with Crippen molar-refractivity contribution in [2.75, 3.05) is 0 Å². The summed E-state index contributed by atoms with van der Waals surface area (Å²) in [5.74, 6) is 0. The van der Waals surface area contributed by atoms with Crippen molar-refractivity contribution in [3.05, 3.63) is 74.8 Å². The molecule has 3 rings (SSSR count). The molecule has 1 aromatic heterocycles. The van der Waals surface area contributed by atoms with Crippen molar-refractivity contribution in [1.29, 1.82) is 0 Å². The molecule has 0 saturated carbocycles. The van der Waals surface area contributed by atoms with Crippen molar-refractivity contribution in [3.8, 4) is 0 Å². The van der Waals surface area contributed by atoms with Crippen LogP contribution in [0.3, 0.4) is 0 Å². The quantitative estimate of drug-likeness (QED) is 0.665. The van der Waals surface area contributed by atoms with Crippen molar-refractivity contribution >= 4 is 42.8 Å². The van der Waals surface area contributed by atoms with Gasteiger partial charge in [-0.3, -0.25) is 4.98 Å². The molecule has 106 valence electrons. The molecular weight excluding hydrogens is 392 g/mol. The Morgan fingerprint density at radius 3 is 2.48 bits per heavy atom. The average Bonchev–Trinajstić information content (AvgIpc) is 2.46. The summed E-state index contributed by atoms with van der Waals surface area (Å²) in [6, 6.07) is 16.3. The molecular formula is C17H14Br2N2. The van der Waals surface area contributed by atoms with Crippen LogP contribution in [0, 0.1) is 0 Å². The molecule has 2 aromatic carbocycles. The molecule has 0 spiro atoms. The van der Waals surface area contributed by atoms with E-state index < -0.39 is 0 Å². The minimum Gasteiger partial charge on any atom is -0.324 e. The van der Waals surface area contributed by atoms with Gasteiger partial charge in [0.15, 0.2) is 0 Å². The predicted octanol–water partition coefficient (Wildman–Crippen LogP) is 5.00. The monoisotopic (exact) mass is 404 g/mol. The van der Waals surface area contributed by atoms with Gasteiger partial charge >= 0.3 is 0 Å². The largest absolute Gasteiger partial charge is 0.324 e. The Bertz CT molecular complexity index is 761. The van der Waals surface area contributed by atoms with Crippen LogP contribution in [0.15, 0.2) is 63.7 Å². The number of para-hydroxylation sites is 1. The molecule has 2 nitrogen and oxygen atoms in total. The summed E-state index contributed by atoms with van der Waals surface area (Å²) in [4.78, 5) is 4.39. The fraction of sp³-hybridized carbons (Fsp3) is 0.118. The third-order valence-electron chi connectivity index (χ3n) is 3.49. The molecule has 1 unspecified atom stereocenters. The first-order valence-electron chi connectivity index (χ1n) is 6.67. The first-order valence-corrected chi connectivity index (χ1v) is 8.26. The molecule has 0 aliphatic rings. The lowest BCUT2D eigenvalue weighted by Gasteiger charge is -2.14. The van der Waals surface area contributed by atoms with Gasteiger partial charge in [0.25, 0.3) is 0 Å². The minimum atomic E-state index is -0.0513. The zero-order valence-corrected chi connectivity index (χ0v) is 14.4. The van der Waals surface area contributed by atoms with Gasteiger partial charge in [-0.05, 0) is 47.9 Å². The van der Waals surface area contributed by atoms with E-state index >= 15 is 0 Å². The second kappa shape index (κ2) is 6.26. The third kappa shape index (κ3) is 3.34. The first kappa shape index (κ1) is 14.7. The predicted molar refractivity (Wildman–Crippen MR) is 94.2 cm³/mol. The van der Waals surface area contributed by atoms with Crippen LogP contribution in [0.4, 0.5) is 0 Å². The van der Waals surface area contributed by atoms with Crippen LogP contribution in [0.5, 0.6) is 0 Å². The second-order valence-electron chi connectivity index (χ2n) is 5.00. The zero-order chi connectivity index (χ0) is 14.8. The van der Waals surface area contributed by atoms with Gasteiger partial charge in [0, 0.05) is 26.6 Å². The molecule has 2 N–H and O–H groups in total. The number of aromatic nitrogens is 1. The molecule has 1 atom stereocenters. The maximum absolute atomic E-state index is 6.39. The van der Waals surface area contributed by atoms with Gasteiger partial charge in [0.1, 0.15) is 0 Å². The van der Waals surface area contributed by atoms with Gasteiger partial charge in [0.2, 0.25) is 0 Å². The molecule has 1 heterocycles. The summed E-state index contributed by atoms with van der Waals surface area (Å²) < 4.78 is 2.06. The highest BCUT2D eigenvalue weighted by Gasteiger charge is 2.11. The third-order valence-corrected chi connectivity index (χ3v) is 4.41. The molecule has 21 heavy (non-hydrogen) atoms. The van der Waals surface area contributed by atoms with Gasteiger partial charge < -0.3 is 5.73 Å². The van der Waals surface area contributed by atoms with E-state index in [1.165, 1.54) is 10.9 Å². The van der Waals surface area contributed by atoms with E-state index in [2.05, 4.69) is 61.1 Å². The highest BCUT2D eigenvalue weighted by molar-refractivity contribution is 9.11. The summed E-state index contributed by atoms with van der Waals surface area (Å²) in [5.41, 5.74) is 9.74. The molecule has 0 amide bonds. The highest BCUT2D eigenvalue weighted by Crippen LogP contribution is 2.26. The SMILES string of the molecule is NC(Cc1ccnc2ccccc12)c1cc(Br)cc(Br)c1. The van der Waals surface area contributed by atoms with Crippen LogP contribution in [0.1, 0.15) is 17.2 Å². The lowest BCUT2D eigenvalue weighted by atomic mass is 9.97. The molecule has 0 aliphatic carbocycles. The standard InChI is InChI=1S/C17H14Br2N2/c18-13-7-12(8-14(19)10-13)16(20)9-11-5-6-21-17-4-2-1-3-15(11)17/h1-8,10,16H,9,20H2. The number of fused-ring (bicyclic) bond motifs is 1. The number of nitrogens with zero attached hydrogens (tertiary/aromatic N) is 1.